The van der Waals surface area contributed by atoms with E-state index in [1.165, 1.54) is 11.3 Å². The molecule has 0 bridgehead atoms. The van der Waals surface area contributed by atoms with Crippen molar-refractivity contribution in [2.45, 2.75) is 25.9 Å². The molecular formula is C13H14N6O2S. The van der Waals surface area contributed by atoms with Gasteiger partial charge in [0.25, 0.3) is 5.91 Å². The fourth-order valence-electron chi connectivity index (χ4n) is 2.81. The first-order valence-electron chi connectivity index (χ1n) is 7.10. The number of rotatable bonds is 2. The average molecular weight is 318 g/mol. The largest absolute Gasteiger partial charge is 0.340 e. The molecule has 114 valence electrons. The summed E-state index contributed by atoms with van der Waals surface area (Å²) in [4.78, 5) is 32.5. The highest BCUT2D eigenvalue weighted by molar-refractivity contribution is 7.13. The zero-order valence-corrected chi connectivity index (χ0v) is 12.6. The van der Waals surface area contributed by atoms with Crippen LogP contribution in [0.1, 0.15) is 31.8 Å². The normalized spacial score (nSPS) is 17.1. The third-order valence-electron chi connectivity index (χ3n) is 4.06. The molecule has 2 aromatic heterocycles. The number of fused-ring (bicyclic) bond motifs is 2. The SMILES string of the molecule is O=CN1CCc2nc(C(=O)N3CCc4[nH]nnc4C3)sc2C1. The van der Waals surface area contributed by atoms with Gasteiger partial charge in [-0.2, -0.15) is 0 Å². The summed E-state index contributed by atoms with van der Waals surface area (Å²) in [5.74, 6) is -0.0642. The maximum Gasteiger partial charge on any atom is 0.283 e. The Morgan fingerprint density at radius 1 is 1.23 bits per heavy atom. The summed E-state index contributed by atoms with van der Waals surface area (Å²) in [6, 6.07) is 0. The third-order valence-corrected chi connectivity index (χ3v) is 5.13. The summed E-state index contributed by atoms with van der Waals surface area (Å²) in [6.07, 6.45) is 2.30. The number of aromatic nitrogens is 4. The Bertz CT molecular complexity index is 739. The minimum absolute atomic E-state index is 0.0642. The number of carbonyl (C=O) groups is 2. The monoisotopic (exact) mass is 318 g/mol. The zero-order chi connectivity index (χ0) is 15.1. The molecule has 8 nitrogen and oxygen atoms in total. The maximum atomic E-state index is 12.6. The Morgan fingerprint density at radius 2 is 2.14 bits per heavy atom. The molecule has 4 rings (SSSR count). The summed E-state index contributed by atoms with van der Waals surface area (Å²) in [7, 11) is 0. The van der Waals surface area contributed by atoms with Gasteiger partial charge in [-0.1, -0.05) is 5.21 Å². The quantitative estimate of drug-likeness (QED) is 0.785. The molecule has 2 aliphatic rings. The number of H-pyrrole nitrogens is 1. The third kappa shape index (κ3) is 2.17. The molecule has 0 spiro atoms. The highest BCUT2D eigenvalue weighted by atomic mass is 32.1. The molecule has 22 heavy (non-hydrogen) atoms. The van der Waals surface area contributed by atoms with E-state index >= 15 is 0 Å². The molecule has 0 saturated carbocycles. The number of nitrogens with one attached hydrogen (secondary N) is 1. The first-order valence-corrected chi connectivity index (χ1v) is 7.92. The molecule has 9 heteroatoms. The molecule has 1 N–H and O–H groups in total. The Hall–Kier alpha value is -2.29. The van der Waals surface area contributed by atoms with Crippen molar-refractivity contribution >= 4 is 23.7 Å². The second kappa shape index (κ2) is 5.16. The Balaban J connectivity index is 1.54. The number of thiazole rings is 1. The summed E-state index contributed by atoms with van der Waals surface area (Å²) in [5, 5.41) is 11.1. The van der Waals surface area contributed by atoms with Crippen LogP contribution in [-0.2, 0) is 30.7 Å². The lowest BCUT2D eigenvalue weighted by molar-refractivity contribution is -0.118. The van der Waals surface area contributed by atoms with Gasteiger partial charge in [0.2, 0.25) is 6.41 Å². The van der Waals surface area contributed by atoms with Crippen LogP contribution in [0.25, 0.3) is 0 Å². The molecule has 0 aliphatic carbocycles. The van der Waals surface area contributed by atoms with Gasteiger partial charge in [-0.3, -0.25) is 14.7 Å². The number of hydrogen-bond acceptors (Lipinski definition) is 6. The second-order valence-corrected chi connectivity index (χ2v) is 6.51. The summed E-state index contributed by atoms with van der Waals surface area (Å²) in [5.41, 5.74) is 2.78. The molecular weight excluding hydrogens is 304 g/mol. The van der Waals surface area contributed by atoms with E-state index in [1.54, 1.807) is 9.80 Å². The highest BCUT2D eigenvalue weighted by Crippen LogP contribution is 2.26. The summed E-state index contributed by atoms with van der Waals surface area (Å²) >= 11 is 1.39. The molecule has 0 unspecified atom stereocenters. The van der Waals surface area contributed by atoms with Crippen molar-refractivity contribution in [2.75, 3.05) is 13.1 Å². The van der Waals surface area contributed by atoms with E-state index < -0.39 is 0 Å². The molecule has 2 amide bonds. The van der Waals surface area contributed by atoms with Crippen LogP contribution in [0.15, 0.2) is 0 Å². The van der Waals surface area contributed by atoms with Gasteiger partial charge in [0, 0.05) is 30.8 Å². The van der Waals surface area contributed by atoms with Crippen LogP contribution in [0.2, 0.25) is 0 Å². The van der Waals surface area contributed by atoms with Gasteiger partial charge in [-0.25, -0.2) is 4.98 Å². The molecule has 0 fully saturated rings. The Kier molecular flexibility index (Phi) is 3.14. The van der Waals surface area contributed by atoms with E-state index in [-0.39, 0.29) is 5.91 Å². The van der Waals surface area contributed by atoms with Crippen LogP contribution in [0, 0.1) is 0 Å². The van der Waals surface area contributed by atoms with Crippen LogP contribution in [0.5, 0.6) is 0 Å². The lowest BCUT2D eigenvalue weighted by Gasteiger charge is -2.24. The van der Waals surface area contributed by atoms with Crippen LogP contribution in [-0.4, -0.2) is 55.6 Å². The van der Waals surface area contributed by atoms with Gasteiger partial charge in [0.1, 0.15) is 5.69 Å². The molecule has 0 atom stereocenters. The summed E-state index contributed by atoms with van der Waals surface area (Å²) in [6.45, 7) is 2.33. The average Bonchev–Trinajstić information content (AvgIpc) is 3.18. The van der Waals surface area contributed by atoms with Crippen molar-refractivity contribution in [3.8, 4) is 0 Å². The Labute approximate surface area is 130 Å². The van der Waals surface area contributed by atoms with Gasteiger partial charge in [-0.05, 0) is 0 Å². The molecule has 0 saturated heterocycles. The molecule has 2 aromatic rings. The van der Waals surface area contributed by atoms with E-state index in [4.69, 9.17) is 0 Å². The molecule has 0 aromatic carbocycles. The number of hydrogen-bond donors (Lipinski definition) is 1. The minimum atomic E-state index is -0.0642. The number of carbonyl (C=O) groups excluding carboxylic acids is 2. The first-order chi connectivity index (χ1) is 10.7. The second-order valence-electron chi connectivity index (χ2n) is 5.43. The van der Waals surface area contributed by atoms with Crippen LogP contribution in [0.4, 0.5) is 0 Å². The van der Waals surface area contributed by atoms with Gasteiger partial charge in [-0.15, -0.1) is 16.4 Å². The number of aromatic amines is 1. The first kappa shape index (κ1) is 13.4. The minimum Gasteiger partial charge on any atom is -0.340 e. The maximum absolute atomic E-state index is 12.6. The van der Waals surface area contributed by atoms with Crippen molar-refractivity contribution in [3.05, 3.63) is 27.0 Å². The van der Waals surface area contributed by atoms with Gasteiger partial charge in [0.15, 0.2) is 5.01 Å². The van der Waals surface area contributed by atoms with Crippen molar-refractivity contribution in [3.63, 3.8) is 0 Å². The number of amides is 2. The van der Waals surface area contributed by atoms with Crippen molar-refractivity contribution in [1.82, 2.24) is 30.2 Å². The molecule has 0 radical (unpaired) electrons. The fourth-order valence-corrected chi connectivity index (χ4v) is 3.91. The lowest BCUT2D eigenvalue weighted by atomic mass is 10.1. The van der Waals surface area contributed by atoms with E-state index in [2.05, 4.69) is 20.4 Å². The van der Waals surface area contributed by atoms with Crippen molar-refractivity contribution in [2.24, 2.45) is 0 Å². The highest BCUT2D eigenvalue weighted by Gasteiger charge is 2.28. The predicted octanol–water partition coefficient (Wildman–Crippen LogP) is -0.0258. The van der Waals surface area contributed by atoms with E-state index in [9.17, 15) is 9.59 Å². The standard InChI is InChI=1S/C13H14N6O2S/c20-7-18-3-1-9-11(6-18)22-12(14-9)13(21)19-4-2-8-10(5-19)16-17-15-8/h7H,1-6H2,(H,15,16,17). The number of nitrogens with zero attached hydrogens (tertiary/aromatic N) is 5. The smallest absolute Gasteiger partial charge is 0.283 e. The van der Waals surface area contributed by atoms with Crippen LogP contribution < -0.4 is 0 Å². The van der Waals surface area contributed by atoms with E-state index in [0.29, 0.717) is 37.6 Å². The molecule has 2 aliphatic heterocycles. The predicted molar refractivity (Wildman–Crippen MR) is 77.1 cm³/mol. The summed E-state index contributed by atoms with van der Waals surface area (Å²) < 4.78 is 0. The lowest BCUT2D eigenvalue weighted by Crippen LogP contribution is -2.36. The van der Waals surface area contributed by atoms with E-state index in [0.717, 1.165) is 34.8 Å². The zero-order valence-electron chi connectivity index (χ0n) is 11.8. The van der Waals surface area contributed by atoms with Gasteiger partial charge in [0.05, 0.1) is 24.5 Å². The van der Waals surface area contributed by atoms with Crippen LogP contribution >= 0.6 is 11.3 Å². The molecule has 4 heterocycles. The van der Waals surface area contributed by atoms with Crippen molar-refractivity contribution in [1.29, 1.82) is 0 Å². The van der Waals surface area contributed by atoms with Gasteiger partial charge < -0.3 is 9.80 Å². The van der Waals surface area contributed by atoms with Crippen molar-refractivity contribution < 1.29 is 9.59 Å². The fraction of sp³-hybridized carbons (Fsp3) is 0.462. The van der Waals surface area contributed by atoms with Crippen LogP contribution in [0.3, 0.4) is 0 Å². The van der Waals surface area contributed by atoms with Gasteiger partial charge >= 0.3 is 0 Å². The Morgan fingerprint density at radius 3 is 3.00 bits per heavy atom. The van der Waals surface area contributed by atoms with E-state index in [1.807, 2.05) is 0 Å². The topological polar surface area (TPSA) is 95.1 Å².